The molecule has 0 aliphatic heterocycles. The van der Waals surface area contributed by atoms with Crippen LogP contribution in [-0.4, -0.2) is 17.4 Å². The van der Waals surface area contributed by atoms with Crippen molar-refractivity contribution in [2.75, 3.05) is 0 Å². The molecular formula is C9H10ClF4NO. The maximum Gasteiger partial charge on any atom is 0.416 e. The molecule has 1 aromatic carbocycles. The van der Waals surface area contributed by atoms with Crippen molar-refractivity contribution in [2.45, 2.75) is 18.3 Å². The van der Waals surface area contributed by atoms with E-state index in [1.807, 2.05) is 0 Å². The average molecular weight is 260 g/mol. The first-order chi connectivity index (χ1) is 6.84. The Kier molecular flexibility index (Phi) is 5.18. The molecule has 0 bridgehead atoms. The van der Waals surface area contributed by atoms with Crippen LogP contribution in [0.25, 0.3) is 0 Å². The first-order valence-electron chi connectivity index (χ1n) is 4.09. The zero-order valence-electron chi connectivity index (χ0n) is 7.91. The van der Waals surface area contributed by atoms with Crippen molar-refractivity contribution in [3.05, 3.63) is 35.6 Å². The van der Waals surface area contributed by atoms with E-state index in [1.54, 1.807) is 0 Å². The zero-order chi connectivity index (χ0) is 11.6. The number of aliphatic hydroxyl groups is 1. The number of halogens is 5. The highest BCUT2D eigenvalue weighted by Crippen LogP contribution is 2.29. The van der Waals surface area contributed by atoms with Crippen LogP contribution in [0, 0.1) is 5.82 Å². The molecule has 0 fully saturated rings. The Morgan fingerprint density at radius 1 is 1.19 bits per heavy atom. The van der Waals surface area contributed by atoms with Gasteiger partial charge in [-0.1, -0.05) is 18.2 Å². The van der Waals surface area contributed by atoms with Gasteiger partial charge in [-0.25, -0.2) is 4.39 Å². The van der Waals surface area contributed by atoms with Crippen molar-refractivity contribution >= 4 is 12.4 Å². The Hall–Kier alpha value is -0.850. The molecule has 1 aromatic rings. The molecular weight excluding hydrogens is 250 g/mol. The molecule has 0 spiro atoms. The van der Waals surface area contributed by atoms with Crippen molar-refractivity contribution in [1.82, 2.24) is 0 Å². The van der Waals surface area contributed by atoms with Gasteiger partial charge in [-0.05, 0) is 6.07 Å². The molecule has 0 saturated heterocycles. The molecule has 0 aromatic heterocycles. The van der Waals surface area contributed by atoms with Gasteiger partial charge >= 0.3 is 6.18 Å². The van der Waals surface area contributed by atoms with Gasteiger partial charge in [0.05, 0.1) is 6.04 Å². The number of hydrogen-bond donors (Lipinski definition) is 2. The number of rotatable bonds is 2. The number of aliphatic hydroxyl groups excluding tert-OH is 1. The highest BCUT2D eigenvalue weighted by molar-refractivity contribution is 5.85. The van der Waals surface area contributed by atoms with E-state index < -0.39 is 24.1 Å². The summed E-state index contributed by atoms with van der Waals surface area (Å²) >= 11 is 0. The molecule has 0 amide bonds. The Balaban J connectivity index is 0.00000225. The van der Waals surface area contributed by atoms with E-state index in [-0.39, 0.29) is 18.0 Å². The Labute approximate surface area is 95.5 Å². The smallest absolute Gasteiger partial charge is 0.382 e. The summed E-state index contributed by atoms with van der Waals surface area (Å²) in [5.41, 5.74) is 4.76. The van der Waals surface area contributed by atoms with Crippen molar-refractivity contribution < 1.29 is 22.7 Å². The fourth-order valence-electron chi connectivity index (χ4n) is 1.12. The topological polar surface area (TPSA) is 46.2 Å². The van der Waals surface area contributed by atoms with Gasteiger partial charge in [-0.2, -0.15) is 13.2 Å². The van der Waals surface area contributed by atoms with Crippen LogP contribution in [0.1, 0.15) is 11.6 Å². The SMILES string of the molecule is Cl.N[C@H](c1ccccc1F)[C@@H](O)C(F)(F)F. The van der Waals surface area contributed by atoms with E-state index in [1.165, 1.54) is 12.1 Å². The quantitative estimate of drug-likeness (QED) is 0.800. The summed E-state index contributed by atoms with van der Waals surface area (Å²) < 4.78 is 49.2. The van der Waals surface area contributed by atoms with Gasteiger partial charge in [0.1, 0.15) is 5.82 Å². The van der Waals surface area contributed by atoms with E-state index in [9.17, 15) is 17.6 Å². The van der Waals surface area contributed by atoms with Crippen LogP contribution in [0.15, 0.2) is 24.3 Å². The standard InChI is InChI=1S/C9H9F4NO.ClH/c10-6-4-2-1-3-5(6)7(14)8(15)9(11,12)13;/h1-4,7-8,15H,14H2;1H/t7-,8-;/m1./s1. The summed E-state index contributed by atoms with van der Waals surface area (Å²) in [5.74, 6) is -0.867. The number of alkyl halides is 3. The van der Waals surface area contributed by atoms with Gasteiger partial charge in [-0.3, -0.25) is 0 Å². The third kappa shape index (κ3) is 3.33. The summed E-state index contributed by atoms with van der Waals surface area (Å²) in [7, 11) is 0. The Bertz CT molecular complexity index is 345. The lowest BCUT2D eigenvalue weighted by molar-refractivity contribution is -0.210. The van der Waals surface area contributed by atoms with Gasteiger partial charge in [-0.15, -0.1) is 12.4 Å². The lowest BCUT2D eigenvalue weighted by Crippen LogP contribution is -2.39. The van der Waals surface area contributed by atoms with Crippen LogP contribution < -0.4 is 5.73 Å². The number of benzene rings is 1. The molecule has 16 heavy (non-hydrogen) atoms. The summed E-state index contributed by atoms with van der Waals surface area (Å²) in [5, 5.41) is 8.82. The van der Waals surface area contributed by atoms with Gasteiger partial charge in [0.15, 0.2) is 6.10 Å². The van der Waals surface area contributed by atoms with E-state index in [2.05, 4.69) is 0 Å². The third-order valence-corrected chi connectivity index (χ3v) is 1.94. The Morgan fingerprint density at radius 3 is 2.12 bits per heavy atom. The number of hydrogen-bond acceptors (Lipinski definition) is 2. The van der Waals surface area contributed by atoms with Crippen LogP contribution in [0.2, 0.25) is 0 Å². The Morgan fingerprint density at radius 2 is 1.69 bits per heavy atom. The average Bonchev–Trinajstić information content (AvgIpc) is 2.15. The lowest BCUT2D eigenvalue weighted by atomic mass is 10.0. The molecule has 2 atom stereocenters. The molecule has 0 aliphatic rings. The van der Waals surface area contributed by atoms with Crippen LogP contribution in [0.3, 0.4) is 0 Å². The molecule has 0 aliphatic carbocycles. The number of nitrogens with two attached hydrogens (primary N) is 1. The van der Waals surface area contributed by atoms with Gasteiger partial charge in [0, 0.05) is 5.56 Å². The maximum absolute atomic E-state index is 13.0. The third-order valence-electron chi connectivity index (χ3n) is 1.94. The summed E-state index contributed by atoms with van der Waals surface area (Å²) in [6.07, 6.45) is -7.63. The second-order valence-corrected chi connectivity index (χ2v) is 3.03. The first-order valence-corrected chi connectivity index (χ1v) is 4.09. The second-order valence-electron chi connectivity index (χ2n) is 3.03. The van der Waals surface area contributed by atoms with E-state index in [0.29, 0.717) is 0 Å². The first kappa shape index (κ1) is 15.2. The highest BCUT2D eigenvalue weighted by Gasteiger charge is 2.43. The molecule has 1 rings (SSSR count). The summed E-state index contributed by atoms with van der Waals surface area (Å²) in [6.45, 7) is 0. The van der Waals surface area contributed by atoms with Gasteiger partial charge < -0.3 is 10.8 Å². The van der Waals surface area contributed by atoms with Crippen LogP contribution in [0.4, 0.5) is 17.6 Å². The highest BCUT2D eigenvalue weighted by atomic mass is 35.5. The fourth-order valence-corrected chi connectivity index (χ4v) is 1.12. The normalized spacial score (nSPS) is 15.1. The van der Waals surface area contributed by atoms with Crippen molar-refractivity contribution in [3.8, 4) is 0 Å². The predicted molar refractivity (Wildman–Crippen MR) is 52.6 cm³/mol. The minimum absolute atomic E-state index is 0. The molecule has 92 valence electrons. The van der Waals surface area contributed by atoms with Gasteiger partial charge in [0.25, 0.3) is 0 Å². The van der Waals surface area contributed by atoms with Crippen molar-refractivity contribution in [2.24, 2.45) is 5.73 Å². The minimum Gasteiger partial charge on any atom is -0.382 e. The second kappa shape index (κ2) is 5.47. The fraction of sp³-hybridized carbons (Fsp3) is 0.333. The molecule has 0 heterocycles. The summed E-state index contributed by atoms with van der Waals surface area (Å²) in [6, 6.07) is 2.95. The van der Waals surface area contributed by atoms with E-state index >= 15 is 0 Å². The predicted octanol–water partition coefficient (Wildman–Crippen LogP) is 2.17. The molecule has 0 unspecified atom stereocenters. The molecule has 0 saturated carbocycles. The van der Waals surface area contributed by atoms with Crippen molar-refractivity contribution in [1.29, 1.82) is 0 Å². The van der Waals surface area contributed by atoms with Crippen LogP contribution >= 0.6 is 12.4 Å². The zero-order valence-corrected chi connectivity index (χ0v) is 8.73. The van der Waals surface area contributed by atoms with Crippen LogP contribution in [0.5, 0.6) is 0 Å². The molecule has 7 heteroatoms. The van der Waals surface area contributed by atoms with Gasteiger partial charge in [0.2, 0.25) is 0 Å². The molecule has 3 N–H and O–H groups in total. The van der Waals surface area contributed by atoms with Crippen molar-refractivity contribution in [3.63, 3.8) is 0 Å². The minimum atomic E-state index is -4.86. The van der Waals surface area contributed by atoms with Crippen LogP contribution in [-0.2, 0) is 0 Å². The monoisotopic (exact) mass is 259 g/mol. The summed E-state index contributed by atoms with van der Waals surface area (Å²) in [4.78, 5) is 0. The van der Waals surface area contributed by atoms with E-state index in [0.717, 1.165) is 12.1 Å². The lowest BCUT2D eigenvalue weighted by Gasteiger charge is -2.21. The van der Waals surface area contributed by atoms with E-state index in [4.69, 9.17) is 10.8 Å². The molecule has 0 radical (unpaired) electrons. The molecule has 2 nitrogen and oxygen atoms in total. The largest absolute Gasteiger partial charge is 0.416 e. The maximum atomic E-state index is 13.0.